The maximum atomic E-state index is 10.9. The zero-order valence-electron chi connectivity index (χ0n) is 16.4. The van der Waals surface area contributed by atoms with E-state index < -0.39 is 0 Å². The minimum atomic E-state index is -0.147. The molecule has 2 aromatic rings. The summed E-state index contributed by atoms with van der Waals surface area (Å²) in [5.74, 6) is 0.760. The quantitative estimate of drug-likeness (QED) is 0.564. The number of nitrogens with zero attached hydrogens (tertiary/aromatic N) is 1. The van der Waals surface area contributed by atoms with Gasteiger partial charge in [-0.15, -0.1) is 0 Å². The van der Waals surface area contributed by atoms with Crippen LogP contribution >= 0.6 is 8.58 Å². The molecule has 0 heterocycles. The maximum Gasteiger partial charge on any atom is 0.123 e. The van der Waals surface area contributed by atoms with E-state index >= 15 is 0 Å². The highest BCUT2D eigenvalue weighted by Crippen LogP contribution is 2.46. The number of aromatic hydroxyl groups is 1. The first-order chi connectivity index (χ1) is 11.7. The van der Waals surface area contributed by atoms with Crippen molar-refractivity contribution in [1.82, 2.24) is 0 Å². The molecule has 2 nitrogen and oxygen atoms in total. The minimum Gasteiger partial charge on any atom is -0.507 e. The second-order valence-corrected chi connectivity index (χ2v) is 9.67. The number of benzene rings is 2. The van der Waals surface area contributed by atoms with Gasteiger partial charge in [-0.2, -0.15) is 0 Å². The van der Waals surface area contributed by atoms with Gasteiger partial charge < -0.3 is 5.11 Å². The molecule has 0 saturated carbocycles. The Hall–Kier alpha value is -1.66. The van der Waals surface area contributed by atoms with Crippen molar-refractivity contribution in [1.29, 1.82) is 0 Å². The number of hydrogen-bond donors (Lipinski definition) is 1. The second kappa shape index (κ2) is 7.70. The summed E-state index contributed by atoms with van der Waals surface area (Å²) < 4.78 is 0. The Morgan fingerprint density at radius 2 is 1.76 bits per heavy atom. The smallest absolute Gasteiger partial charge is 0.123 e. The average molecular weight is 355 g/mol. The van der Waals surface area contributed by atoms with Gasteiger partial charge in [-0.3, -0.25) is 4.99 Å². The van der Waals surface area contributed by atoms with Crippen molar-refractivity contribution in [3.8, 4) is 5.75 Å². The number of aliphatic imine (C=N–C) groups is 1. The number of rotatable bonds is 5. The van der Waals surface area contributed by atoms with Crippen LogP contribution in [0.15, 0.2) is 35.3 Å². The van der Waals surface area contributed by atoms with Gasteiger partial charge >= 0.3 is 0 Å². The van der Waals surface area contributed by atoms with Crippen molar-refractivity contribution < 1.29 is 5.11 Å². The van der Waals surface area contributed by atoms with Crippen LogP contribution in [0.2, 0.25) is 0 Å². The summed E-state index contributed by atoms with van der Waals surface area (Å²) >= 11 is 0. The Morgan fingerprint density at radius 3 is 2.36 bits per heavy atom. The predicted octanol–water partition coefficient (Wildman–Crippen LogP) is 5.42. The van der Waals surface area contributed by atoms with Gasteiger partial charge in [-0.1, -0.05) is 71.7 Å². The first kappa shape index (κ1) is 19.7. The molecule has 0 fully saturated rings. The summed E-state index contributed by atoms with van der Waals surface area (Å²) in [6.45, 7) is 12.9. The number of phenolic OH excluding ortho intramolecular Hbond substituents is 1. The molecule has 0 aliphatic heterocycles. The first-order valence-electron chi connectivity index (χ1n) is 8.80. The summed E-state index contributed by atoms with van der Waals surface area (Å²) in [6.07, 6.45) is 1.93. The molecule has 0 aromatic heterocycles. The Morgan fingerprint density at radius 1 is 1.08 bits per heavy atom. The van der Waals surface area contributed by atoms with Gasteiger partial charge in [0.25, 0.3) is 0 Å². The lowest BCUT2D eigenvalue weighted by molar-refractivity contribution is 0.451. The molecule has 0 radical (unpaired) electrons. The van der Waals surface area contributed by atoms with E-state index in [-0.39, 0.29) is 5.16 Å². The van der Waals surface area contributed by atoms with Gasteiger partial charge in [0.1, 0.15) is 5.75 Å². The molecule has 0 aliphatic carbocycles. The molecular weight excluding hydrogens is 325 g/mol. The van der Waals surface area contributed by atoms with Crippen molar-refractivity contribution in [3.63, 3.8) is 0 Å². The Labute approximate surface area is 154 Å². The fourth-order valence-corrected chi connectivity index (χ4v) is 4.62. The molecule has 1 N–H and O–H groups in total. The monoisotopic (exact) mass is 355 g/mol. The van der Waals surface area contributed by atoms with Gasteiger partial charge in [0.15, 0.2) is 0 Å². The molecule has 3 heteroatoms. The molecule has 2 rings (SSSR count). The fourth-order valence-electron chi connectivity index (χ4n) is 3.17. The van der Waals surface area contributed by atoms with E-state index in [9.17, 15) is 5.11 Å². The Kier molecular flexibility index (Phi) is 6.06. The van der Waals surface area contributed by atoms with Crippen LogP contribution in [0.3, 0.4) is 0 Å². The fraction of sp³-hybridized carbons (Fsp3) is 0.409. The van der Waals surface area contributed by atoms with Crippen molar-refractivity contribution in [2.45, 2.75) is 52.6 Å². The molecule has 134 valence electrons. The van der Waals surface area contributed by atoms with E-state index in [1.165, 1.54) is 22.0 Å². The molecule has 0 bridgehead atoms. The summed E-state index contributed by atoms with van der Waals surface area (Å²) in [4.78, 5) is 4.21. The summed E-state index contributed by atoms with van der Waals surface area (Å²) in [7, 11) is 2.35. The molecule has 25 heavy (non-hydrogen) atoms. The minimum absolute atomic E-state index is 0.147. The molecule has 0 spiro atoms. The van der Waals surface area contributed by atoms with Crippen LogP contribution in [0.4, 0.5) is 0 Å². The van der Waals surface area contributed by atoms with E-state index in [1.54, 1.807) is 0 Å². The number of hydrogen-bond acceptors (Lipinski definition) is 2. The normalized spacial score (nSPS) is 12.8. The molecule has 2 aromatic carbocycles. The molecule has 0 aliphatic rings. The lowest BCUT2D eigenvalue weighted by Gasteiger charge is -2.29. The topological polar surface area (TPSA) is 32.6 Å². The number of aryl methyl sites for hydroxylation is 2. The molecular formula is C22H30NOP. The highest BCUT2D eigenvalue weighted by Gasteiger charge is 2.27. The van der Waals surface area contributed by atoms with Crippen molar-refractivity contribution >= 4 is 20.1 Å². The SMILES string of the molecule is CN=Cc1cc(C)ccc1PC(C)(C)c1cc(C)cc(C(C)C)c1O. The van der Waals surface area contributed by atoms with Crippen LogP contribution in [-0.2, 0) is 5.16 Å². The van der Waals surface area contributed by atoms with Crippen LogP contribution in [0.5, 0.6) is 5.75 Å². The largest absolute Gasteiger partial charge is 0.507 e. The van der Waals surface area contributed by atoms with Crippen LogP contribution in [-0.4, -0.2) is 18.4 Å². The van der Waals surface area contributed by atoms with Gasteiger partial charge in [-0.05, 0) is 42.3 Å². The van der Waals surface area contributed by atoms with Gasteiger partial charge in [-0.25, -0.2) is 0 Å². The second-order valence-electron chi connectivity index (χ2n) is 7.63. The Bertz CT molecular complexity index is 791. The summed E-state index contributed by atoms with van der Waals surface area (Å²) in [6, 6.07) is 10.8. The van der Waals surface area contributed by atoms with Crippen LogP contribution in [0, 0.1) is 13.8 Å². The molecule has 0 saturated heterocycles. The standard InChI is InChI=1S/C22H30NOP/c1-14(2)18-11-16(4)12-19(21(18)24)22(5,6)25-20-9-8-15(3)10-17(20)13-23-7/h8-14,24-25H,1-7H3. The third-order valence-electron chi connectivity index (χ3n) is 4.50. The van der Waals surface area contributed by atoms with E-state index in [1.807, 2.05) is 13.3 Å². The maximum absolute atomic E-state index is 10.9. The average Bonchev–Trinajstić information content (AvgIpc) is 2.51. The van der Waals surface area contributed by atoms with Gasteiger partial charge in [0.05, 0.1) is 0 Å². The molecule has 1 unspecified atom stereocenters. The number of phenols is 1. The molecule has 0 amide bonds. The van der Waals surface area contributed by atoms with Crippen LogP contribution in [0.1, 0.15) is 61.4 Å². The van der Waals surface area contributed by atoms with E-state index in [0.29, 0.717) is 20.2 Å². The van der Waals surface area contributed by atoms with Gasteiger partial charge in [0.2, 0.25) is 0 Å². The zero-order chi connectivity index (χ0) is 18.8. The third kappa shape index (κ3) is 4.50. The van der Waals surface area contributed by atoms with Crippen LogP contribution in [0.25, 0.3) is 0 Å². The summed E-state index contributed by atoms with van der Waals surface area (Å²) in [5.41, 5.74) is 5.68. The van der Waals surface area contributed by atoms with E-state index in [0.717, 1.165) is 11.1 Å². The van der Waals surface area contributed by atoms with Gasteiger partial charge in [0, 0.05) is 24.0 Å². The van der Waals surface area contributed by atoms with Crippen molar-refractivity contribution in [2.24, 2.45) is 4.99 Å². The zero-order valence-corrected chi connectivity index (χ0v) is 17.4. The Balaban J connectivity index is 2.50. The van der Waals surface area contributed by atoms with Crippen LogP contribution < -0.4 is 5.30 Å². The lowest BCUT2D eigenvalue weighted by atomic mass is 9.91. The predicted molar refractivity (Wildman–Crippen MR) is 113 cm³/mol. The third-order valence-corrected chi connectivity index (χ3v) is 6.12. The molecule has 1 atom stereocenters. The summed E-state index contributed by atoms with van der Waals surface area (Å²) in [5, 5.41) is 12.0. The first-order valence-corrected chi connectivity index (χ1v) is 9.80. The van der Waals surface area contributed by atoms with Crippen molar-refractivity contribution in [3.05, 3.63) is 58.1 Å². The lowest BCUT2D eigenvalue weighted by Crippen LogP contribution is -2.18. The van der Waals surface area contributed by atoms with Crippen molar-refractivity contribution in [2.75, 3.05) is 7.05 Å². The van der Waals surface area contributed by atoms with E-state index in [4.69, 9.17) is 0 Å². The highest BCUT2D eigenvalue weighted by molar-refractivity contribution is 7.48. The highest BCUT2D eigenvalue weighted by atomic mass is 31.1. The van der Waals surface area contributed by atoms with E-state index in [2.05, 4.69) is 76.9 Å².